The molecule has 0 aliphatic carbocycles. The Morgan fingerprint density at radius 1 is 1.19 bits per heavy atom. The highest BCUT2D eigenvalue weighted by Gasteiger charge is 2.07. The highest BCUT2D eigenvalue weighted by molar-refractivity contribution is 6.32. The summed E-state index contributed by atoms with van der Waals surface area (Å²) in [5, 5.41) is 4.24. The number of hydrogen-bond donors (Lipinski definition) is 2. The predicted molar refractivity (Wildman–Crippen MR) is 104 cm³/mol. The number of halogens is 1. The lowest BCUT2D eigenvalue weighted by molar-refractivity contribution is -0.116. The topological polar surface area (TPSA) is 71.2 Å². The Kier molecular flexibility index (Phi) is 5.28. The number of carbonyl (C=O) groups is 1. The first kappa shape index (κ1) is 18.0. The maximum absolute atomic E-state index is 12.2. The quantitative estimate of drug-likeness (QED) is 0.711. The minimum atomic E-state index is -0.0935. The van der Waals surface area contributed by atoms with Crippen LogP contribution in [0.15, 0.2) is 47.3 Å². The number of H-pyrrole nitrogens is 1. The van der Waals surface area contributed by atoms with Gasteiger partial charge < -0.3 is 15.0 Å². The molecule has 1 amide bonds. The van der Waals surface area contributed by atoms with E-state index in [2.05, 4.69) is 10.3 Å². The SMILES string of the molecule is COc1ccc(NC(=O)CCc2ccc3[nH]c(=O)c(C)cc3c2)cc1Cl. The zero-order valence-corrected chi connectivity index (χ0v) is 15.3. The van der Waals surface area contributed by atoms with Crippen LogP contribution < -0.4 is 15.6 Å². The van der Waals surface area contributed by atoms with Crippen LogP contribution in [0.4, 0.5) is 5.69 Å². The summed E-state index contributed by atoms with van der Waals surface area (Å²) in [6, 6.07) is 12.8. The van der Waals surface area contributed by atoms with Gasteiger partial charge in [-0.15, -0.1) is 0 Å². The lowest BCUT2D eigenvalue weighted by atomic mass is 10.1. The largest absolute Gasteiger partial charge is 0.495 e. The number of benzene rings is 2. The Balaban J connectivity index is 1.65. The van der Waals surface area contributed by atoms with Gasteiger partial charge in [-0.1, -0.05) is 17.7 Å². The van der Waals surface area contributed by atoms with E-state index in [-0.39, 0.29) is 11.5 Å². The van der Waals surface area contributed by atoms with Crippen LogP contribution >= 0.6 is 11.6 Å². The summed E-state index contributed by atoms with van der Waals surface area (Å²) < 4.78 is 5.09. The van der Waals surface area contributed by atoms with E-state index in [0.29, 0.717) is 34.9 Å². The van der Waals surface area contributed by atoms with Crippen LogP contribution in [-0.2, 0) is 11.2 Å². The Morgan fingerprint density at radius 3 is 2.73 bits per heavy atom. The molecule has 0 radical (unpaired) electrons. The third-order valence-corrected chi connectivity index (χ3v) is 4.47. The third-order valence-electron chi connectivity index (χ3n) is 4.17. The number of carbonyl (C=O) groups excluding carboxylic acids is 1. The van der Waals surface area contributed by atoms with Crippen LogP contribution in [-0.4, -0.2) is 18.0 Å². The number of nitrogens with one attached hydrogen (secondary N) is 2. The Hall–Kier alpha value is -2.79. The van der Waals surface area contributed by atoms with Gasteiger partial charge >= 0.3 is 0 Å². The maximum atomic E-state index is 12.2. The summed E-state index contributed by atoms with van der Waals surface area (Å²) in [6.07, 6.45) is 0.946. The number of aromatic nitrogens is 1. The van der Waals surface area contributed by atoms with E-state index in [1.165, 1.54) is 0 Å². The van der Waals surface area contributed by atoms with Gasteiger partial charge in [-0.25, -0.2) is 0 Å². The molecule has 0 fully saturated rings. The molecule has 0 saturated heterocycles. The summed E-state index contributed by atoms with van der Waals surface area (Å²) in [7, 11) is 1.54. The van der Waals surface area contributed by atoms with Crippen molar-refractivity contribution in [2.45, 2.75) is 19.8 Å². The van der Waals surface area contributed by atoms with Crippen molar-refractivity contribution in [3.8, 4) is 5.75 Å². The van der Waals surface area contributed by atoms with Crippen molar-refractivity contribution in [3.63, 3.8) is 0 Å². The molecule has 2 aromatic carbocycles. The van der Waals surface area contributed by atoms with Crippen LogP contribution in [0.3, 0.4) is 0 Å². The van der Waals surface area contributed by atoms with Crippen molar-refractivity contribution < 1.29 is 9.53 Å². The summed E-state index contributed by atoms with van der Waals surface area (Å²) in [5.74, 6) is 0.471. The molecule has 0 bridgehead atoms. The normalized spacial score (nSPS) is 10.7. The molecule has 3 rings (SSSR count). The summed E-state index contributed by atoms with van der Waals surface area (Å²) >= 11 is 6.06. The highest BCUT2D eigenvalue weighted by Crippen LogP contribution is 2.27. The molecule has 0 aliphatic heterocycles. The van der Waals surface area contributed by atoms with Gasteiger partial charge in [0.2, 0.25) is 5.91 Å². The monoisotopic (exact) mass is 370 g/mol. The third kappa shape index (κ3) is 4.06. The van der Waals surface area contributed by atoms with Crippen LogP contribution in [0.1, 0.15) is 17.5 Å². The van der Waals surface area contributed by atoms with Gasteiger partial charge in [0.05, 0.1) is 12.1 Å². The molecule has 0 saturated carbocycles. The number of hydrogen-bond acceptors (Lipinski definition) is 3. The second-order valence-electron chi connectivity index (χ2n) is 6.10. The van der Waals surface area contributed by atoms with Crippen LogP contribution in [0.5, 0.6) is 5.75 Å². The molecule has 0 aliphatic rings. The molecule has 3 aromatic rings. The lowest BCUT2D eigenvalue weighted by Gasteiger charge is -2.08. The smallest absolute Gasteiger partial charge is 0.251 e. The fourth-order valence-corrected chi connectivity index (χ4v) is 3.00. The van der Waals surface area contributed by atoms with Crippen molar-refractivity contribution in [2.24, 2.45) is 0 Å². The second kappa shape index (κ2) is 7.62. The van der Waals surface area contributed by atoms with E-state index in [0.717, 1.165) is 16.5 Å². The van der Waals surface area contributed by atoms with Crippen LogP contribution in [0.2, 0.25) is 5.02 Å². The summed E-state index contributed by atoms with van der Waals surface area (Å²) in [5.41, 5.74) is 3.05. The number of anilines is 1. The fourth-order valence-electron chi connectivity index (χ4n) is 2.75. The fraction of sp³-hybridized carbons (Fsp3) is 0.200. The number of methoxy groups -OCH3 is 1. The van der Waals surface area contributed by atoms with E-state index in [9.17, 15) is 9.59 Å². The minimum absolute atomic E-state index is 0.0808. The minimum Gasteiger partial charge on any atom is -0.495 e. The first-order valence-electron chi connectivity index (χ1n) is 8.22. The maximum Gasteiger partial charge on any atom is 0.251 e. The number of pyridine rings is 1. The van der Waals surface area contributed by atoms with E-state index >= 15 is 0 Å². The van der Waals surface area contributed by atoms with Gasteiger partial charge in [0.25, 0.3) is 5.56 Å². The zero-order chi connectivity index (χ0) is 18.7. The molecule has 1 aromatic heterocycles. The second-order valence-corrected chi connectivity index (χ2v) is 6.51. The van der Waals surface area contributed by atoms with E-state index < -0.39 is 0 Å². The number of rotatable bonds is 5. The lowest BCUT2D eigenvalue weighted by Crippen LogP contribution is -2.12. The van der Waals surface area contributed by atoms with Crippen molar-refractivity contribution in [1.29, 1.82) is 0 Å². The molecule has 134 valence electrons. The molecular weight excluding hydrogens is 352 g/mol. The predicted octanol–water partition coefficient (Wildman–Crippen LogP) is 4.07. The van der Waals surface area contributed by atoms with Crippen LogP contribution in [0, 0.1) is 6.92 Å². The summed E-state index contributed by atoms with van der Waals surface area (Å²) in [6.45, 7) is 1.78. The van der Waals surface area contributed by atoms with Crippen molar-refractivity contribution in [3.05, 3.63) is 69.0 Å². The highest BCUT2D eigenvalue weighted by atomic mass is 35.5. The first-order valence-corrected chi connectivity index (χ1v) is 8.60. The van der Waals surface area contributed by atoms with Crippen molar-refractivity contribution in [1.82, 2.24) is 4.98 Å². The molecule has 0 atom stereocenters. The standard InChI is InChI=1S/C20H19ClN2O3/c1-12-9-14-10-13(3-6-17(14)23-20(12)25)4-8-19(24)22-15-5-7-18(26-2)16(21)11-15/h3,5-7,9-11H,4,8H2,1-2H3,(H,22,24)(H,23,25). The average molecular weight is 371 g/mol. The van der Waals surface area contributed by atoms with Crippen molar-refractivity contribution in [2.75, 3.05) is 12.4 Å². The molecule has 0 unspecified atom stereocenters. The number of aryl methyl sites for hydroxylation is 2. The Labute approximate surface area is 156 Å². The number of aromatic amines is 1. The van der Waals surface area contributed by atoms with Gasteiger partial charge in [-0.2, -0.15) is 0 Å². The van der Waals surface area contributed by atoms with Gasteiger partial charge in [0.1, 0.15) is 5.75 Å². The molecule has 26 heavy (non-hydrogen) atoms. The average Bonchev–Trinajstić information content (AvgIpc) is 2.61. The van der Waals surface area contributed by atoms with Gasteiger partial charge in [-0.05, 0) is 60.7 Å². The molecule has 1 heterocycles. The Morgan fingerprint density at radius 2 is 2.00 bits per heavy atom. The molecule has 5 nitrogen and oxygen atoms in total. The van der Waals surface area contributed by atoms with E-state index in [1.54, 1.807) is 32.2 Å². The van der Waals surface area contributed by atoms with Gasteiger partial charge in [0.15, 0.2) is 0 Å². The van der Waals surface area contributed by atoms with E-state index in [4.69, 9.17) is 16.3 Å². The number of amides is 1. The molecule has 0 spiro atoms. The van der Waals surface area contributed by atoms with Gasteiger partial charge in [-0.3, -0.25) is 9.59 Å². The summed E-state index contributed by atoms with van der Waals surface area (Å²) in [4.78, 5) is 26.7. The Bertz CT molecular complexity index is 1030. The van der Waals surface area contributed by atoms with Crippen LogP contribution in [0.25, 0.3) is 10.9 Å². The number of fused-ring (bicyclic) bond motifs is 1. The molecular formula is C20H19ClN2O3. The van der Waals surface area contributed by atoms with E-state index in [1.807, 2.05) is 24.3 Å². The zero-order valence-electron chi connectivity index (χ0n) is 14.6. The van der Waals surface area contributed by atoms with Crippen molar-refractivity contribution >= 4 is 34.1 Å². The molecule has 6 heteroatoms. The van der Waals surface area contributed by atoms with Gasteiger partial charge in [0, 0.05) is 23.2 Å². The first-order chi connectivity index (χ1) is 12.5. The molecule has 2 N–H and O–H groups in total. The number of ether oxygens (including phenoxy) is 1.